The van der Waals surface area contributed by atoms with Gasteiger partial charge in [-0.3, -0.25) is 4.79 Å². The Labute approximate surface area is 115 Å². The summed E-state index contributed by atoms with van der Waals surface area (Å²) in [5.41, 5.74) is 0. The van der Waals surface area contributed by atoms with E-state index in [2.05, 4.69) is 6.92 Å². The quantitative estimate of drug-likeness (QED) is 0.550. The maximum Gasteiger partial charge on any atom is 0.305 e. The number of carbonyl (C=O) groups excluding carboxylic acids is 1. The Morgan fingerprint density at radius 3 is 2.53 bits per heavy atom. The summed E-state index contributed by atoms with van der Waals surface area (Å²) >= 11 is 0. The van der Waals surface area contributed by atoms with Crippen molar-refractivity contribution in [3.05, 3.63) is 0 Å². The topological polar surface area (TPSA) is 44.8 Å². The van der Waals surface area contributed by atoms with Crippen molar-refractivity contribution < 1.29 is 19.0 Å². The van der Waals surface area contributed by atoms with Gasteiger partial charge in [0.1, 0.15) is 0 Å². The van der Waals surface area contributed by atoms with E-state index >= 15 is 0 Å². The van der Waals surface area contributed by atoms with Gasteiger partial charge in [-0.15, -0.1) is 0 Å². The number of hydrogen-bond donors (Lipinski definition) is 0. The van der Waals surface area contributed by atoms with Gasteiger partial charge in [-0.25, -0.2) is 0 Å². The first kappa shape index (κ1) is 14.8. The summed E-state index contributed by atoms with van der Waals surface area (Å²) in [6.45, 7) is 3.59. The lowest BCUT2D eigenvalue weighted by atomic mass is 9.88. The first-order valence-corrected chi connectivity index (χ1v) is 7.54. The molecule has 0 aromatic heterocycles. The van der Waals surface area contributed by atoms with Crippen LogP contribution in [0.1, 0.15) is 51.9 Å². The van der Waals surface area contributed by atoms with Gasteiger partial charge < -0.3 is 14.2 Å². The fourth-order valence-corrected chi connectivity index (χ4v) is 3.48. The fourth-order valence-electron chi connectivity index (χ4n) is 3.48. The van der Waals surface area contributed by atoms with Crippen LogP contribution in [0.25, 0.3) is 0 Å². The summed E-state index contributed by atoms with van der Waals surface area (Å²) in [6.07, 6.45) is 7.18. The molecular weight excluding hydrogens is 244 g/mol. The van der Waals surface area contributed by atoms with Crippen molar-refractivity contribution in [3.63, 3.8) is 0 Å². The van der Waals surface area contributed by atoms with Crippen LogP contribution in [0.15, 0.2) is 0 Å². The van der Waals surface area contributed by atoms with Crippen molar-refractivity contribution in [2.75, 3.05) is 20.3 Å². The van der Waals surface area contributed by atoms with E-state index in [4.69, 9.17) is 14.2 Å². The van der Waals surface area contributed by atoms with E-state index in [9.17, 15) is 4.79 Å². The van der Waals surface area contributed by atoms with Crippen LogP contribution in [0.2, 0.25) is 0 Å². The molecular formula is C15H26O4. The Hall–Kier alpha value is -0.610. The highest BCUT2D eigenvalue weighted by molar-refractivity contribution is 5.69. The lowest BCUT2D eigenvalue weighted by Gasteiger charge is -2.21. The van der Waals surface area contributed by atoms with E-state index in [-0.39, 0.29) is 5.97 Å². The van der Waals surface area contributed by atoms with Crippen molar-refractivity contribution in [1.82, 2.24) is 0 Å². The first-order valence-electron chi connectivity index (χ1n) is 7.54. The average Bonchev–Trinajstić information content (AvgIpc) is 2.98. The van der Waals surface area contributed by atoms with Crippen LogP contribution in [0.4, 0.5) is 0 Å². The standard InChI is InChI=1S/C15H26O4/c1-3-4-5-6-12-10-15(18-7-8-19-15)11-13(12)9-14(16)17-2/h12-13H,3-11H2,1-2H3. The number of ether oxygens (including phenoxy) is 3. The molecule has 1 aliphatic heterocycles. The first-order chi connectivity index (χ1) is 9.19. The molecule has 4 heteroatoms. The van der Waals surface area contributed by atoms with Crippen LogP contribution in [-0.2, 0) is 19.0 Å². The summed E-state index contributed by atoms with van der Waals surface area (Å²) < 4.78 is 16.4. The zero-order valence-corrected chi connectivity index (χ0v) is 12.2. The molecule has 2 unspecified atom stereocenters. The summed E-state index contributed by atoms with van der Waals surface area (Å²) in [7, 11) is 1.46. The number of unbranched alkanes of at least 4 members (excludes halogenated alkanes) is 2. The van der Waals surface area contributed by atoms with Gasteiger partial charge in [-0.2, -0.15) is 0 Å². The molecule has 1 saturated carbocycles. The van der Waals surface area contributed by atoms with Gasteiger partial charge >= 0.3 is 5.97 Å². The third-order valence-electron chi connectivity index (χ3n) is 4.46. The van der Waals surface area contributed by atoms with E-state index in [0.717, 1.165) is 12.8 Å². The highest BCUT2D eigenvalue weighted by Gasteiger charge is 2.49. The Kier molecular flexibility index (Phi) is 5.22. The van der Waals surface area contributed by atoms with Crippen LogP contribution in [-0.4, -0.2) is 32.1 Å². The lowest BCUT2D eigenvalue weighted by molar-refractivity contribution is -0.155. The molecule has 1 heterocycles. The Balaban J connectivity index is 1.93. The summed E-state index contributed by atoms with van der Waals surface area (Å²) in [5, 5.41) is 0. The smallest absolute Gasteiger partial charge is 0.305 e. The second kappa shape index (κ2) is 6.71. The SMILES string of the molecule is CCCCCC1CC2(CC1CC(=O)OC)OCCO2. The van der Waals surface area contributed by atoms with Gasteiger partial charge in [0.15, 0.2) is 5.79 Å². The van der Waals surface area contributed by atoms with Crippen molar-refractivity contribution in [2.24, 2.45) is 11.8 Å². The molecule has 2 aliphatic rings. The number of hydrogen-bond acceptors (Lipinski definition) is 4. The molecule has 1 aliphatic carbocycles. The van der Waals surface area contributed by atoms with E-state index in [1.54, 1.807) is 0 Å². The molecule has 1 spiro atoms. The highest BCUT2D eigenvalue weighted by atomic mass is 16.7. The molecule has 1 saturated heterocycles. The normalized spacial score (nSPS) is 28.9. The summed E-state index contributed by atoms with van der Waals surface area (Å²) in [4.78, 5) is 11.5. The predicted octanol–water partition coefficient (Wildman–Crippen LogP) is 2.90. The minimum absolute atomic E-state index is 0.111. The number of carbonyl (C=O) groups is 1. The highest BCUT2D eigenvalue weighted by Crippen LogP contribution is 2.47. The minimum Gasteiger partial charge on any atom is -0.469 e. The summed E-state index contributed by atoms with van der Waals surface area (Å²) in [5.74, 6) is 0.377. The van der Waals surface area contributed by atoms with E-state index < -0.39 is 5.79 Å². The second-order valence-corrected chi connectivity index (χ2v) is 5.81. The predicted molar refractivity (Wildman–Crippen MR) is 71.6 cm³/mol. The van der Waals surface area contributed by atoms with Crippen molar-refractivity contribution in [3.8, 4) is 0 Å². The zero-order chi connectivity index (χ0) is 13.7. The molecule has 0 radical (unpaired) electrons. The van der Waals surface area contributed by atoms with Gasteiger partial charge in [0, 0.05) is 19.3 Å². The summed E-state index contributed by atoms with van der Waals surface area (Å²) in [6, 6.07) is 0. The van der Waals surface area contributed by atoms with Gasteiger partial charge in [-0.1, -0.05) is 26.2 Å². The monoisotopic (exact) mass is 270 g/mol. The lowest BCUT2D eigenvalue weighted by Crippen LogP contribution is -2.26. The molecule has 2 fully saturated rings. The van der Waals surface area contributed by atoms with Gasteiger partial charge in [-0.05, 0) is 18.3 Å². The van der Waals surface area contributed by atoms with Crippen molar-refractivity contribution in [1.29, 1.82) is 0 Å². The molecule has 0 aromatic carbocycles. The van der Waals surface area contributed by atoms with E-state index in [0.29, 0.717) is 31.5 Å². The molecule has 0 aromatic rings. The molecule has 0 bridgehead atoms. The van der Waals surface area contributed by atoms with Gasteiger partial charge in [0.25, 0.3) is 0 Å². The maximum atomic E-state index is 11.5. The minimum atomic E-state index is -0.393. The largest absolute Gasteiger partial charge is 0.469 e. The van der Waals surface area contributed by atoms with Gasteiger partial charge in [0.2, 0.25) is 0 Å². The van der Waals surface area contributed by atoms with Crippen LogP contribution >= 0.6 is 0 Å². The average molecular weight is 270 g/mol. The molecule has 4 nitrogen and oxygen atoms in total. The van der Waals surface area contributed by atoms with Crippen LogP contribution in [0, 0.1) is 11.8 Å². The van der Waals surface area contributed by atoms with E-state index in [1.165, 1.54) is 32.8 Å². The van der Waals surface area contributed by atoms with E-state index in [1.807, 2.05) is 0 Å². The molecule has 110 valence electrons. The molecule has 2 rings (SSSR count). The maximum absolute atomic E-state index is 11.5. The fraction of sp³-hybridized carbons (Fsp3) is 0.933. The van der Waals surface area contributed by atoms with Crippen LogP contribution < -0.4 is 0 Å². The second-order valence-electron chi connectivity index (χ2n) is 5.81. The van der Waals surface area contributed by atoms with Crippen molar-refractivity contribution >= 4 is 5.97 Å². The van der Waals surface area contributed by atoms with Crippen molar-refractivity contribution in [2.45, 2.75) is 57.7 Å². The molecule has 19 heavy (non-hydrogen) atoms. The molecule has 2 atom stereocenters. The zero-order valence-electron chi connectivity index (χ0n) is 12.2. The molecule has 0 N–H and O–H groups in total. The Morgan fingerprint density at radius 1 is 1.21 bits per heavy atom. The molecule has 0 amide bonds. The number of esters is 1. The Morgan fingerprint density at radius 2 is 1.89 bits per heavy atom. The Bertz CT molecular complexity index is 297. The number of methoxy groups -OCH3 is 1. The third-order valence-corrected chi connectivity index (χ3v) is 4.46. The van der Waals surface area contributed by atoms with Crippen LogP contribution in [0.3, 0.4) is 0 Å². The number of rotatable bonds is 6. The van der Waals surface area contributed by atoms with Gasteiger partial charge in [0.05, 0.1) is 20.3 Å². The van der Waals surface area contributed by atoms with Crippen LogP contribution in [0.5, 0.6) is 0 Å². The third kappa shape index (κ3) is 3.69.